The second-order valence-corrected chi connectivity index (χ2v) is 6.40. The lowest BCUT2D eigenvalue weighted by Gasteiger charge is -2.44. The third-order valence-electron chi connectivity index (χ3n) is 4.40. The van der Waals surface area contributed by atoms with E-state index in [1.165, 1.54) is 25.7 Å². The molecule has 0 spiro atoms. The van der Waals surface area contributed by atoms with Crippen molar-refractivity contribution >= 4 is 0 Å². The van der Waals surface area contributed by atoms with Crippen LogP contribution in [-0.2, 0) is 4.74 Å². The van der Waals surface area contributed by atoms with Gasteiger partial charge in [0.15, 0.2) is 0 Å². The molecule has 3 heteroatoms. The van der Waals surface area contributed by atoms with Crippen LogP contribution in [0.3, 0.4) is 0 Å². The summed E-state index contributed by atoms with van der Waals surface area (Å²) >= 11 is 0. The molecule has 1 aliphatic heterocycles. The summed E-state index contributed by atoms with van der Waals surface area (Å²) in [7, 11) is 0. The summed E-state index contributed by atoms with van der Waals surface area (Å²) in [5.74, 6) is 0. The number of hydrogen-bond donors (Lipinski definition) is 0. The van der Waals surface area contributed by atoms with Gasteiger partial charge in [0.2, 0.25) is 0 Å². The van der Waals surface area contributed by atoms with Crippen molar-refractivity contribution in [2.24, 2.45) is 5.41 Å². The van der Waals surface area contributed by atoms with Crippen molar-refractivity contribution in [3.63, 3.8) is 0 Å². The third-order valence-corrected chi connectivity index (χ3v) is 4.40. The lowest BCUT2D eigenvalue weighted by molar-refractivity contribution is -0.0885. The van der Waals surface area contributed by atoms with E-state index in [0.29, 0.717) is 12.1 Å². The molecule has 2 rings (SSSR count). The smallest absolute Gasteiger partial charge is 0.0730 e. The summed E-state index contributed by atoms with van der Waals surface area (Å²) in [6.45, 7) is 7.18. The van der Waals surface area contributed by atoms with Crippen molar-refractivity contribution in [3.8, 4) is 6.07 Å². The number of rotatable bonds is 4. The molecule has 0 aromatic carbocycles. The van der Waals surface area contributed by atoms with Gasteiger partial charge < -0.3 is 4.74 Å². The molecule has 0 radical (unpaired) electrons. The Hall–Kier alpha value is -0.590. The molecule has 2 unspecified atom stereocenters. The molecule has 2 atom stereocenters. The zero-order valence-electron chi connectivity index (χ0n) is 11.8. The summed E-state index contributed by atoms with van der Waals surface area (Å²) in [4.78, 5) is 2.61. The molecule has 18 heavy (non-hydrogen) atoms. The number of nitrogens with zero attached hydrogens (tertiary/aromatic N) is 2. The maximum absolute atomic E-state index is 9.03. The molecule has 0 amide bonds. The Bertz CT molecular complexity index is 306. The monoisotopic (exact) mass is 250 g/mol. The van der Waals surface area contributed by atoms with E-state index in [-0.39, 0.29) is 5.41 Å². The standard InChI is InChI=1S/C15H26N2O/c1-15(2,12-16)8-5-9-17-10-11-18-14-7-4-3-6-13(14)17/h13-14H,3-11H2,1-2H3. The quantitative estimate of drug-likeness (QED) is 0.769. The molecule has 0 aromatic heterocycles. The highest BCUT2D eigenvalue weighted by Gasteiger charge is 2.33. The summed E-state index contributed by atoms with van der Waals surface area (Å²) in [6, 6.07) is 3.04. The summed E-state index contributed by atoms with van der Waals surface area (Å²) in [5.41, 5.74) is -0.168. The number of ether oxygens (including phenoxy) is 1. The average Bonchev–Trinajstić information content (AvgIpc) is 2.39. The van der Waals surface area contributed by atoms with Crippen molar-refractivity contribution in [1.82, 2.24) is 4.90 Å². The van der Waals surface area contributed by atoms with Crippen LogP contribution in [0.25, 0.3) is 0 Å². The van der Waals surface area contributed by atoms with Crippen LogP contribution in [-0.4, -0.2) is 36.7 Å². The lowest BCUT2D eigenvalue weighted by Crippen LogP contribution is -2.52. The highest BCUT2D eigenvalue weighted by molar-refractivity contribution is 4.92. The van der Waals surface area contributed by atoms with Crippen molar-refractivity contribution in [2.45, 2.75) is 64.5 Å². The molecule has 1 saturated heterocycles. The first-order chi connectivity index (χ1) is 8.62. The minimum Gasteiger partial charge on any atom is -0.375 e. The van der Waals surface area contributed by atoms with E-state index < -0.39 is 0 Å². The molecule has 0 aromatic rings. The molecular formula is C15H26N2O. The Balaban J connectivity index is 1.79. The van der Waals surface area contributed by atoms with Crippen LogP contribution >= 0.6 is 0 Å². The van der Waals surface area contributed by atoms with Crippen molar-refractivity contribution in [1.29, 1.82) is 5.26 Å². The molecule has 102 valence electrons. The zero-order valence-corrected chi connectivity index (χ0v) is 11.8. The Labute approximate surface area is 111 Å². The van der Waals surface area contributed by atoms with Gasteiger partial charge in [0.05, 0.1) is 24.2 Å². The highest BCUT2D eigenvalue weighted by atomic mass is 16.5. The fourth-order valence-corrected chi connectivity index (χ4v) is 3.23. The second-order valence-electron chi connectivity index (χ2n) is 6.40. The van der Waals surface area contributed by atoms with Gasteiger partial charge in [-0.15, -0.1) is 0 Å². The van der Waals surface area contributed by atoms with Gasteiger partial charge in [0.1, 0.15) is 0 Å². The summed E-state index contributed by atoms with van der Waals surface area (Å²) < 4.78 is 5.89. The van der Waals surface area contributed by atoms with Gasteiger partial charge in [-0.25, -0.2) is 0 Å². The van der Waals surface area contributed by atoms with Crippen LogP contribution in [0, 0.1) is 16.7 Å². The van der Waals surface area contributed by atoms with Crippen LogP contribution in [0.1, 0.15) is 52.4 Å². The minimum absolute atomic E-state index is 0.168. The fourth-order valence-electron chi connectivity index (χ4n) is 3.23. The fraction of sp³-hybridized carbons (Fsp3) is 0.933. The topological polar surface area (TPSA) is 36.3 Å². The van der Waals surface area contributed by atoms with Gasteiger partial charge in [-0.1, -0.05) is 12.8 Å². The molecule has 1 heterocycles. The van der Waals surface area contributed by atoms with E-state index in [1.807, 2.05) is 13.8 Å². The van der Waals surface area contributed by atoms with Gasteiger partial charge >= 0.3 is 0 Å². The van der Waals surface area contributed by atoms with Gasteiger partial charge in [-0.2, -0.15) is 5.26 Å². The van der Waals surface area contributed by atoms with Crippen LogP contribution in [0.15, 0.2) is 0 Å². The maximum atomic E-state index is 9.03. The summed E-state index contributed by atoms with van der Waals surface area (Å²) in [6.07, 6.45) is 7.83. The first-order valence-electron chi connectivity index (χ1n) is 7.39. The van der Waals surface area contributed by atoms with Crippen LogP contribution in [0.2, 0.25) is 0 Å². The van der Waals surface area contributed by atoms with Crippen LogP contribution in [0.5, 0.6) is 0 Å². The number of morpholine rings is 1. The van der Waals surface area contributed by atoms with Crippen molar-refractivity contribution in [3.05, 3.63) is 0 Å². The predicted octanol–water partition coefficient (Wildman–Crippen LogP) is 2.96. The lowest BCUT2D eigenvalue weighted by atomic mass is 9.88. The molecule has 1 saturated carbocycles. The molecule has 2 fully saturated rings. The van der Waals surface area contributed by atoms with Gasteiger partial charge in [0.25, 0.3) is 0 Å². The van der Waals surface area contributed by atoms with E-state index in [4.69, 9.17) is 10.00 Å². The summed E-state index contributed by atoms with van der Waals surface area (Å²) in [5, 5.41) is 9.03. The van der Waals surface area contributed by atoms with E-state index in [1.54, 1.807) is 0 Å². The Kier molecular flexibility index (Phi) is 4.64. The normalized spacial score (nSPS) is 29.6. The van der Waals surface area contributed by atoms with E-state index in [9.17, 15) is 0 Å². The number of hydrogen-bond acceptors (Lipinski definition) is 3. The van der Waals surface area contributed by atoms with E-state index in [0.717, 1.165) is 32.5 Å². The van der Waals surface area contributed by atoms with Crippen LogP contribution in [0.4, 0.5) is 0 Å². The molecule has 0 bridgehead atoms. The van der Waals surface area contributed by atoms with Gasteiger partial charge in [-0.05, 0) is 46.1 Å². The van der Waals surface area contributed by atoms with Gasteiger partial charge in [-0.3, -0.25) is 4.90 Å². The first-order valence-corrected chi connectivity index (χ1v) is 7.39. The number of fused-ring (bicyclic) bond motifs is 1. The Morgan fingerprint density at radius 2 is 2.11 bits per heavy atom. The average molecular weight is 250 g/mol. The first kappa shape index (κ1) is 13.8. The van der Waals surface area contributed by atoms with Crippen molar-refractivity contribution < 1.29 is 4.74 Å². The van der Waals surface area contributed by atoms with Crippen molar-refractivity contribution in [2.75, 3.05) is 19.7 Å². The van der Waals surface area contributed by atoms with Crippen LogP contribution < -0.4 is 0 Å². The zero-order chi connectivity index (χ0) is 13.0. The Morgan fingerprint density at radius 1 is 1.33 bits per heavy atom. The Morgan fingerprint density at radius 3 is 2.89 bits per heavy atom. The predicted molar refractivity (Wildman–Crippen MR) is 72.2 cm³/mol. The molecule has 2 aliphatic rings. The molecular weight excluding hydrogens is 224 g/mol. The maximum Gasteiger partial charge on any atom is 0.0730 e. The molecule has 0 N–H and O–H groups in total. The SMILES string of the molecule is CC(C)(C#N)CCCN1CCOC2CCCCC21. The molecule has 1 aliphatic carbocycles. The number of nitriles is 1. The van der Waals surface area contributed by atoms with Gasteiger partial charge in [0, 0.05) is 12.6 Å². The van der Waals surface area contributed by atoms with E-state index >= 15 is 0 Å². The second kappa shape index (κ2) is 6.04. The third kappa shape index (κ3) is 3.46. The molecule has 3 nitrogen and oxygen atoms in total. The minimum atomic E-state index is -0.168. The highest BCUT2D eigenvalue weighted by Crippen LogP contribution is 2.29. The van der Waals surface area contributed by atoms with E-state index in [2.05, 4.69) is 11.0 Å². The largest absolute Gasteiger partial charge is 0.375 e.